The minimum absolute atomic E-state index is 0.284. The van der Waals surface area contributed by atoms with Crippen LogP contribution in [0, 0.1) is 6.92 Å². The van der Waals surface area contributed by atoms with Crippen molar-refractivity contribution >= 4 is 17.5 Å². The van der Waals surface area contributed by atoms with E-state index in [-0.39, 0.29) is 11.6 Å². The number of carbonyl (C=O) groups excluding carboxylic acids is 1. The monoisotopic (exact) mass is 327 g/mol. The number of hydrogen-bond donors (Lipinski definition) is 1. The third kappa shape index (κ3) is 3.37. The van der Waals surface area contributed by atoms with E-state index in [1.807, 2.05) is 30.3 Å². The quantitative estimate of drug-likeness (QED) is 0.799. The molecule has 0 aliphatic heterocycles. The Morgan fingerprint density at radius 3 is 2.70 bits per heavy atom. The molecule has 1 amide bonds. The minimum Gasteiger partial charge on any atom is -0.345 e. The zero-order chi connectivity index (χ0) is 16.2. The molecule has 0 spiro atoms. The number of benzene rings is 1. The van der Waals surface area contributed by atoms with E-state index in [0.29, 0.717) is 17.3 Å². The van der Waals surface area contributed by atoms with Crippen LogP contribution in [0.2, 0.25) is 5.02 Å². The van der Waals surface area contributed by atoms with E-state index in [1.54, 1.807) is 29.9 Å². The highest BCUT2D eigenvalue weighted by Gasteiger charge is 2.17. The number of nitrogens with zero attached hydrogens (tertiary/aromatic N) is 4. The summed E-state index contributed by atoms with van der Waals surface area (Å²) in [6.07, 6.45) is 1.68. The van der Waals surface area contributed by atoms with Crippen molar-refractivity contribution in [3.05, 3.63) is 70.8 Å². The number of halogens is 1. The van der Waals surface area contributed by atoms with Gasteiger partial charge in [0, 0.05) is 11.2 Å². The Balaban J connectivity index is 1.76. The van der Waals surface area contributed by atoms with E-state index < -0.39 is 0 Å². The van der Waals surface area contributed by atoms with Crippen molar-refractivity contribution in [1.29, 1.82) is 0 Å². The molecule has 2 aromatic heterocycles. The van der Waals surface area contributed by atoms with E-state index in [2.05, 4.69) is 20.6 Å². The predicted molar refractivity (Wildman–Crippen MR) is 86.5 cm³/mol. The van der Waals surface area contributed by atoms with Crippen LogP contribution in [0.15, 0.2) is 48.7 Å². The van der Waals surface area contributed by atoms with Crippen LogP contribution in [-0.4, -0.2) is 25.9 Å². The molecular weight excluding hydrogens is 314 g/mol. The first kappa shape index (κ1) is 15.2. The van der Waals surface area contributed by atoms with Crippen LogP contribution in [0.25, 0.3) is 5.69 Å². The van der Waals surface area contributed by atoms with Crippen LogP contribution in [0.5, 0.6) is 0 Å². The molecule has 116 valence electrons. The first-order chi connectivity index (χ1) is 11.1. The largest absolute Gasteiger partial charge is 0.345 e. The highest BCUT2D eigenvalue weighted by Crippen LogP contribution is 2.15. The topological polar surface area (TPSA) is 72.7 Å². The Kier molecular flexibility index (Phi) is 4.34. The Labute approximate surface area is 138 Å². The van der Waals surface area contributed by atoms with Gasteiger partial charge in [0.05, 0.1) is 23.6 Å². The summed E-state index contributed by atoms with van der Waals surface area (Å²) < 4.78 is 1.60. The number of pyridine rings is 1. The first-order valence-corrected chi connectivity index (χ1v) is 7.39. The molecule has 6 nitrogen and oxygen atoms in total. The normalized spacial score (nSPS) is 10.5. The summed E-state index contributed by atoms with van der Waals surface area (Å²) in [6.45, 7) is 2.14. The summed E-state index contributed by atoms with van der Waals surface area (Å²) >= 11 is 5.88. The van der Waals surface area contributed by atoms with Crippen molar-refractivity contribution in [1.82, 2.24) is 25.3 Å². The molecule has 0 aliphatic carbocycles. The second-order valence-corrected chi connectivity index (χ2v) is 5.35. The molecule has 0 unspecified atom stereocenters. The highest BCUT2D eigenvalue weighted by atomic mass is 35.5. The van der Waals surface area contributed by atoms with Gasteiger partial charge in [0.25, 0.3) is 5.91 Å². The molecule has 1 N–H and O–H groups in total. The van der Waals surface area contributed by atoms with Crippen LogP contribution in [0.4, 0.5) is 0 Å². The fourth-order valence-corrected chi connectivity index (χ4v) is 2.25. The standard InChI is InChI=1S/C16H14ClN5O/c1-11-15(16(23)19-10-13-4-2-3-9-18-13)20-21-22(11)14-7-5-12(17)6-8-14/h2-9H,10H2,1H3,(H,19,23). The molecule has 23 heavy (non-hydrogen) atoms. The molecule has 0 bridgehead atoms. The van der Waals surface area contributed by atoms with Gasteiger partial charge in [-0.2, -0.15) is 0 Å². The number of aromatic nitrogens is 4. The number of amides is 1. The van der Waals surface area contributed by atoms with Crippen LogP contribution in [0.3, 0.4) is 0 Å². The summed E-state index contributed by atoms with van der Waals surface area (Å²) in [7, 11) is 0. The molecule has 0 radical (unpaired) electrons. The van der Waals surface area contributed by atoms with Gasteiger partial charge in [-0.3, -0.25) is 9.78 Å². The van der Waals surface area contributed by atoms with E-state index in [1.165, 1.54) is 0 Å². The molecular formula is C16H14ClN5O. The Morgan fingerprint density at radius 2 is 2.00 bits per heavy atom. The Bertz CT molecular complexity index is 814. The van der Waals surface area contributed by atoms with Gasteiger partial charge < -0.3 is 5.32 Å². The third-order valence-electron chi connectivity index (χ3n) is 3.34. The Hall–Kier alpha value is -2.73. The van der Waals surface area contributed by atoms with Crippen LogP contribution in [-0.2, 0) is 6.54 Å². The molecule has 0 saturated carbocycles. The van der Waals surface area contributed by atoms with Crippen molar-refractivity contribution in [3.63, 3.8) is 0 Å². The van der Waals surface area contributed by atoms with Gasteiger partial charge in [-0.15, -0.1) is 5.10 Å². The van der Waals surface area contributed by atoms with Crippen molar-refractivity contribution in [2.24, 2.45) is 0 Å². The summed E-state index contributed by atoms with van der Waals surface area (Å²) in [5, 5.41) is 11.4. The average molecular weight is 328 g/mol. The molecule has 3 rings (SSSR count). The van der Waals surface area contributed by atoms with E-state index in [4.69, 9.17) is 11.6 Å². The number of hydrogen-bond acceptors (Lipinski definition) is 4. The van der Waals surface area contributed by atoms with E-state index >= 15 is 0 Å². The maximum absolute atomic E-state index is 12.3. The second kappa shape index (κ2) is 6.58. The van der Waals surface area contributed by atoms with Crippen molar-refractivity contribution in [2.45, 2.75) is 13.5 Å². The molecule has 2 heterocycles. The van der Waals surface area contributed by atoms with Gasteiger partial charge >= 0.3 is 0 Å². The molecule has 0 saturated heterocycles. The van der Waals surface area contributed by atoms with Crippen molar-refractivity contribution in [3.8, 4) is 5.69 Å². The lowest BCUT2D eigenvalue weighted by atomic mass is 10.2. The molecule has 0 atom stereocenters. The van der Waals surface area contributed by atoms with Gasteiger partial charge in [-0.05, 0) is 43.3 Å². The van der Waals surface area contributed by atoms with E-state index in [9.17, 15) is 4.79 Å². The lowest BCUT2D eigenvalue weighted by Crippen LogP contribution is -2.24. The molecule has 7 heteroatoms. The fraction of sp³-hybridized carbons (Fsp3) is 0.125. The zero-order valence-electron chi connectivity index (χ0n) is 12.4. The van der Waals surface area contributed by atoms with Crippen LogP contribution >= 0.6 is 11.6 Å². The maximum Gasteiger partial charge on any atom is 0.274 e. The van der Waals surface area contributed by atoms with Crippen molar-refractivity contribution in [2.75, 3.05) is 0 Å². The first-order valence-electron chi connectivity index (χ1n) is 7.01. The molecule has 1 aromatic carbocycles. The lowest BCUT2D eigenvalue weighted by Gasteiger charge is -2.05. The Morgan fingerprint density at radius 1 is 1.22 bits per heavy atom. The zero-order valence-corrected chi connectivity index (χ0v) is 13.2. The average Bonchev–Trinajstić information content (AvgIpc) is 2.96. The molecule has 3 aromatic rings. The highest BCUT2D eigenvalue weighted by molar-refractivity contribution is 6.30. The number of nitrogens with one attached hydrogen (secondary N) is 1. The fourth-order valence-electron chi connectivity index (χ4n) is 2.12. The summed E-state index contributed by atoms with van der Waals surface area (Å²) in [5.74, 6) is -0.284. The van der Waals surface area contributed by atoms with Gasteiger partial charge in [0.2, 0.25) is 0 Å². The number of carbonyl (C=O) groups is 1. The van der Waals surface area contributed by atoms with Crippen LogP contribution < -0.4 is 5.32 Å². The van der Waals surface area contributed by atoms with Crippen LogP contribution in [0.1, 0.15) is 21.9 Å². The lowest BCUT2D eigenvalue weighted by molar-refractivity contribution is 0.0944. The predicted octanol–water partition coefficient (Wildman–Crippen LogP) is 2.55. The maximum atomic E-state index is 12.3. The number of rotatable bonds is 4. The van der Waals surface area contributed by atoms with Gasteiger partial charge in [0.15, 0.2) is 5.69 Å². The summed E-state index contributed by atoms with van der Waals surface area (Å²) in [5.41, 5.74) is 2.52. The third-order valence-corrected chi connectivity index (χ3v) is 3.59. The smallest absolute Gasteiger partial charge is 0.274 e. The second-order valence-electron chi connectivity index (χ2n) is 4.92. The minimum atomic E-state index is -0.284. The SMILES string of the molecule is Cc1c(C(=O)NCc2ccccn2)nnn1-c1ccc(Cl)cc1. The van der Waals surface area contributed by atoms with Gasteiger partial charge in [0.1, 0.15) is 0 Å². The summed E-state index contributed by atoms with van der Waals surface area (Å²) in [6, 6.07) is 12.7. The van der Waals surface area contributed by atoms with Gasteiger partial charge in [-0.25, -0.2) is 4.68 Å². The molecule has 0 aliphatic rings. The van der Waals surface area contributed by atoms with E-state index in [0.717, 1.165) is 11.4 Å². The van der Waals surface area contributed by atoms with Crippen molar-refractivity contribution < 1.29 is 4.79 Å². The van der Waals surface area contributed by atoms with Gasteiger partial charge in [-0.1, -0.05) is 22.9 Å². The molecule has 0 fully saturated rings. The summed E-state index contributed by atoms with van der Waals surface area (Å²) in [4.78, 5) is 16.4.